The lowest BCUT2D eigenvalue weighted by Gasteiger charge is -2.28. The molecule has 0 bridgehead atoms. The molecular formula is C18H20N10. The lowest BCUT2D eigenvalue weighted by Crippen LogP contribution is -2.33. The van der Waals surface area contributed by atoms with E-state index in [0.717, 1.165) is 42.6 Å². The van der Waals surface area contributed by atoms with Gasteiger partial charge in [-0.1, -0.05) is 0 Å². The minimum absolute atomic E-state index is 0.254. The van der Waals surface area contributed by atoms with E-state index in [1.807, 2.05) is 12.1 Å². The first-order valence-electron chi connectivity index (χ1n) is 9.09. The molecule has 10 nitrogen and oxygen atoms in total. The molecule has 0 spiro atoms. The fourth-order valence-corrected chi connectivity index (χ4v) is 3.22. The standard InChI is InChI=1S/C18H20N10/c19-6-14-9-22-17(10-21-14)26-16-5-15(25-13-3-1-12(20)2-4-13)18(28-27-16)11-7-23-24-8-11/h5,7-10,12-13H,1-4,20H2,(H,23,24)(H2,22,25,26,27). The lowest BCUT2D eigenvalue weighted by atomic mass is 9.91. The van der Waals surface area contributed by atoms with Crippen LogP contribution in [0.25, 0.3) is 11.3 Å². The van der Waals surface area contributed by atoms with Crippen molar-refractivity contribution in [3.63, 3.8) is 0 Å². The summed E-state index contributed by atoms with van der Waals surface area (Å²) < 4.78 is 0. The molecule has 10 heteroatoms. The van der Waals surface area contributed by atoms with Crippen LogP contribution in [-0.4, -0.2) is 42.4 Å². The summed E-state index contributed by atoms with van der Waals surface area (Å²) >= 11 is 0. The maximum absolute atomic E-state index is 8.83. The van der Waals surface area contributed by atoms with Gasteiger partial charge in [-0.2, -0.15) is 10.4 Å². The molecule has 5 N–H and O–H groups in total. The summed E-state index contributed by atoms with van der Waals surface area (Å²) in [5.74, 6) is 1.01. The molecular weight excluding hydrogens is 356 g/mol. The number of rotatable bonds is 5. The Hall–Kier alpha value is -3.58. The van der Waals surface area contributed by atoms with Crippen molar-refractivity contribution >= 4 is 17.3 Å². The highest BCUT2D eigenvalue weighted by Gasteiger charge is 2.20. The molecule has 1 aliphatic rings. The zero-order valence-corrected chi connectivity index (χ0v) is 15.1. The minimum Gasteiger partial charge on any atom is -0.380 e. The third-order valence-corrected chi connectivity index (χ3v) is 4.72. The first kappa shape index (κ1) is 17.8. The lowest BCUT2D eigenvalue weighted by molar-refractivity contribution is 0.411. The summed E-state index contributed by atoms with van der Waals surface area (Å²) in [4.78, 5) is 8.16. The van der Waals surface area contributed by atoms with E-state index in [2.05, 4.69) is 41.0 Å². The van der Waals surface area contributed by atoms with Gasteiger partial charge >= 0.3 is 0 Å². The Morgan fingerprint density at radius 2 is 1.93 bits per heavy atom. The Labute approximate surface area is 161 Å². The molecule has 0 atom stereocenters. The van der Waals surface area contributed by atoms with E-state index < -0.39 is 0 Å². The Morgan fingerprint density at radius 1 is 1.07 bits per heavy atom. The Bertz CT molecular complexity index is 953. The summed E-state index contributed by atoms with van der Waals surface area (Å²) in [6, 6.07) is 4.45. The van der Waals surface area contributed by atoms with Crippen molar-refractivity contribution in [3.05, 3.63) is 36.5 Å². The van der Waals surface area contributed by atoms with Gasteiger partial charge < -0.3 is 16.4 Å². The number of hydrogen-bond donors (Lipinski definition) is 4. The van der Waals surface area contributed by atoms with Crippen LogP contribution in [-0.2, 0) is 0 Å². The van der Waals surface area contributed by atoms with Gasteiger partial charge in [0.1, 0.15) is 17.6 Å². The molecule has 3 aromatic heterocycles. The molecule has 0 saturated heterocycles. The van der Waals surface area contributed by atoms with Gasteiger partial charge in [-0.05, 0) is 25.7 Å². The maximum Gasteiger partial charge on any atom is 0.158 e. The van der Waals surface area contributed by atoms with Crippen molar-refractivity contribution < 1.29 is 0 Å². The zero-order valence-electron chi connectivity index (χ0n) is 15.1. The molecule has 1 aliphatic carbocycles. The Kier molecular flexibility index (Phi) is 5.07. The number of nitrogens with two attached hydrogens (primary N) is 1. The number of nitrogens with zero attached hydrogens (tertiary/aromatic N) is 6. The predicted molar refractivity (Wildman–Crippen MR) is 103 cm³/mol. The van der Waals surface area contributed by atoms with Crippen LogP contribution in [0.5, 0.6) is 0 Å². The average Bonchev–Trinajstić information content (AvgIpc) is 3.25. The van der Waals surface area contributed by atoms with Gasteiger partial charge in [0.15, 0.2) is 11.5 Å². The number of aromatic amines is 1. The van der Waals surface area contributed by atoms with Gasteiger partial charge in [0.05, 0.1) is 24.3 Å². The third kappa shape index (κ3) is 4.05. The second kappa shape index (κ2) is 7.98. The van der Waals surface area contributed by atoms with Gasteiger partial charge in [-0.25, -0.2) is 9.97 Å². The smallest absolute Gasteiger partial charge is 0.158 e. The molecule has 4 rings (SSSR count). The topological polar surface area (TPSA) is 154 Å². The first-order chi connectivity index (χ1) is 13.7. The van der Waals surface area contributed by atoms with Crippen molar-refractivity contribution in [1.29, 1.82) is 5.26 Å². The van der Waals surface area contributed by atoms with E-state index >= 15 is 0 Å². The molecule has 0 amide bonds. The molecule has 3 heterocycles. The number of nitriles is 1. The summed E-state index contributed by atoms with van der Waals surface area (Å²) in [5.41, 5.74) is 8.72. The molecule has 0 unspecified atom stereocenters. The fourth-order valence-electron chi connectivity index (χ4n) is 3.22. The maximum atomic E-state index is 8.83. The Balaban J connectivity index is 1.59. The summed E-state index contributed by atoms with van der Waals surface area (Å²) in [6.45, 7) is 0. The monoisotopic (exact) mass is 376 g/mol. The highest BCUT2D eigenvalue weighted by Crippen LogP contribution is 2.30. The van der Waals surface area contributed by atoms with Crippen LogP contribution in [0.15, 0.2) is 30.9 Å². The summed E-state index contributed by atoms with van der Waals surface area (Å²) in [5, 5.41) is 30.9. The average molecular weight is 376 g/mol. The van der Waals surface area contributed by atoms with Crippen LogP contribution in [0.2, 0.25) is 0 Å². The van der Waals surface area contributed by atoms with Gasteiger partial charge in [0, 0.05) is 29.9 Å². The van der Waals surface area contributed by atoms with Gasteiger partial charge in [0.2, 0.25) is 0 Å². The predicted octanol–water partition coefficient (Wildman–Crippen LogP) is 1.95. The normalized spacial score (nSPS) is 19.0. The molecule has 28 heavy (non-hydrogen) atoms. The number of aromatic nitrogens is 6. The molecule has 142 valence electrons. The molecule has 1 saturated carbocycles. The molecule has 0 aromatic carbocycles. The highest BCUT2D eigenvalue weighted by molar-refractivity contribution is 5.75. The van der Waals surface area contributed by atoms with Crippen LogP contribution in [0, 0.1) is 11.3 Å². The number of anilines is 3. The SMILES string of the molecule is N#Cc1cnc(Nc2cc(NC3CCC(N)CC3)c(-c3cn[nH]c3)nn2)cn1. The quantitative estimate of drug-likeness (QED) is 0.523. The second-order valence-electron chi connectivity index (χ2n) is 6.76. The number of H-pyrrole nitrogens is 1. The fraction of sp³-hybridized carbons (Fsp3) is 0.333. The van der Waals surface area contributed by atoms with E-state index in [4.69, 9.17) is 11.0 Å². The molecule has 3 aromatic rings. The zero-order chi connectivity index (χ0) is 19.3. The summed E-state index contributed by atoms with van der Waals surface area (Å²) in [6.07, 6.45) is 10.4. The molecule has 0 radical (unpaired) electrons. The van der Waals surface area contributed by atoms with E-state index in [-0.39, 0.29) is 11.7 Å². The molecule has 1 fully saturated rings. The van der Waals surface area contributed by atoms with Crippen LogP contribution in [0.3, 0.4) is 0 Å². The van der Waals surface area contributed by atoms with E-state index in [0.29, 0.717) is 17.7 Å². The second-order valence-corrected chi connectivity index (χ2v) is 6.76. The van der Waals surface area contributed by atoms with Crippen molar-refractivity contribution in [2.75, 3.05) is 10.6 Å². The number of nitrogens with one attached hydrogen (secondary N) is 3. The third-order valence-electron chi connectivity index (χ3n) is 4.72. The Morgan fingerprint density at radius 3 is 2.61 bits per heavy atom. The van der Waals surface area contributed by atoms with Gasteiger partial charge in [0.25, 0.3) is 0 Å². The minimum atomic E-state index is 0.254. The highest BCUT2D eigenvalue weighted by atomic mass is 15.2. The first-order valence-corrected chi connectivity index (χ1v) is 9.09. The largest absolute Gasteiger partial charge is 0.380 e. The van der Waals surface area contributed by atoms with Crippen LogP contribution >= 0.6 is 0 Å². The van der Waals surface area contributed by atoms with Crippen molar-refractivity contribution in [2.24, 2.45) is 5.73 Å². The molecule has 0 aliphatic heterocycles. The summed E-state index contributed by atoms with van der Waals surface area (Å²) in [7, 11) is 0. The van der Waals surface area contributed by atoms with Crippen molar-refractivity contribution in [1.82, 2.24) is 30.4 Å². The van der Waals surface area contributed by atoms with Crippen LogP contribution < -0.4 is 16.4 Å². The van der Waals surface area contributed by atoms with Gasteiger partial charge in [-0.3, -0.25) is 5.10 Å². The van der Waals surface area contributed by atoms with E-state index in [9.17, 15) is 0 Å². The van der Waals surface area contributed by atoms with E-state index in [1.54, 1.807) is 12.4 Å². The van der Waals surface area contributed by atoms with Crippen molar-refractivity contribution in [3.8, 4) is 17.3 Å². The number of hydrogen-bond acceptors (Lipinski definition) is 9. The van der Waals surface area contributed by atoms with Gasteiger partial charge in [-0.15, -0.1) is 10.2 Å². The van der Waals surface area contributed by atoms with Crippen molar-refractivity contribution in [2.45, 2.75) is 37.8 Å². The van der Waals surface area contributed by atoms with E-state index in [1.165, 1.54) is 12.4 Å². The van der Waals surface area contributed by atoms with Crippen LogP contribution in [0.1, 0.15) is 31.4 Å². The van der Waals surface area contributed by atoms with Crippen LogP contribution in [0.4, 0.5) is 17.3 Å².